The Labute approximate surface area is 200 Å². The molecule has 6 aliphatic rings. The van der Waals surface area contributed by atoms with Gasteiger partial charge in [-0.3, -0.25) is 14.5 Å². The molecule has 0 aromatic heterocycles. The molecule has 5 fully saturated rings. The third-order valence-electron chi connectivity index (χ3n) is 9.26. The lowest BCUT2D eigenvalue weighted by molar-refractivity contribution is -0.126. The summed E-state index contributed by atoms with van der Waals surface area (Å²) in [7, 11) is 0. The van der Waals surface area contributed by atoms with Crippen LogP contribution in [0.3, 0.4) is 0 Å². The SMILES string of the molecule is C=C1CCC(N2Cc3cc(O[C@H]4CCC[C@H]4N4C[C@@H]5[C@H](C4)[C@H]4CC[C@@H]5O4)ccc3C2=O)C(=O)N1. The maximum absolute atomic E-state index is 13.0. The van der Waals surface area contributed by atoms with Gasteiger partial charge in [0.15, 0.2) is 0 Å². The fourth-order valence-corrected chi connectivity index (χ4v) is 7.60. The van der Waals surface area contributed by atoms with Crippen LogP contribution in [0.4, 0.5) is 0 Å². The van der Waals surface area contributed by atoms with Crippen LogP contribution in [0, 0.1) is 11.8 Å². The summed E-state index contributed by atoms with van der Waals surface area (Å²) < 4.78 is 12.7. The first kappa shape index (κ1) is 20.9. The van der Waals surface area contributed by atoms with Crippen molar-refractivity contribution in [1.82, 2.24) is 15.1 Å². The van der Waals surface area contributed by atoms with Gasteiger partial charge in [-0.15, -0.1) is 0 Å². The molecule has 1 N–H and O–H groups in total. The molecule has 5 heterocycles. The fourth-order valence-electron chi connectivity index (χ4n) is 7.60. The van der Waals surface area contributed by atoms with Crippen molar-refractivity contribution in [3.05, 3.63) is 41.6 Å². The van der Waals surface area contributed by atoms with E-state index in [2.05, 4.69) is 16.8 Å². The third-order valence-corrected chi connectivity index (χ3v) is 9.26. The molecular weight excluding hydrogens is 430 g/mol. The molecule has 0 spiro atoms. The summed E-state index contributed by atoms with van der Waals surface area (Å²) in [5.74, 6) is 2.08. The maximum Gasteiger partial charge on any atom is 0.255 e. The van der Waals surface area contributed by atoms with Gasteiger partial charge in [0.2, 0.25) is 5.91 Å². The minimum absolute atomic E-state index is 0.0617. The van der Waals surface area contributed by atoms with Crippen LogP contribution in [0.25, 0.3) is 0 Å². The van der Waals surface area contributed by atoms with Gasteiger partial charge in [-0.1, -0.05) is 6.58 Å². The van der Waals surface area contributed by atoms with Crippen LogP contribution in [-0.2, 0) is 16.1 Å². The number of nitrogens with zero attached hydrogens (tertiary/aromatic N) is 2. The van der Waals surface area contributed by atoms with Gasteiger partial charge in [-0.05, 0) is 68.7 Å². The Morgan fingerprint density at radius 3 is 2.59 bits per heavy atom. The number of benzene rings is 1. The van der Waals surface area contributed by atoms with Gasteiger partial charge in [0.1, 0.15) is 17.9 Å². The number of amides is 2. The second-order valence-corrected chi connectivity index (χ2v) is 11.1. The smallest absolute Gasteiger partial charge is 0.255 e. The third kappa shape index (κ3) is 3.23. The average molecular weight is 464 g/mol. The Balaban J connectivity index is 1.04. The number of hydrogen-bond acceptors (Lipinski definition) is 5. The van der Waals surface area contributed by atoms with Gasteiger partial charge in [0.25, 0.3) is 5.91 Å². The first-order valence-corrected chi connectivity index (χ1v) is 13.0. The molecule has 7 heteroatoms. The predicted octanol–water partition coefficient (Wildman–Crippen LogP) is 2.84. The molecule has 1 aromatic carbocycles. The van der Waals surface area contributed by atoms with Crippen molar-refractivity contribution in [3.63, 3.8) is 0 Å². The van der Waals surface area contributed by atoms with E-state index in [-0.39, 0.29) is 17.9 Å². The number of ether oxygens (including phenoxy) is 2. The Kier molecular flexibility index (Phi) is 4.82. The van der Waals surface area contributed by atoms with E-state index in [1.165, 1.54) is 25.7 Å². The van der Waals surface area contributed by atoms with Crippen molar-refractivity contribution < 1.29 is 19.1 Å². The molecule has 1 unspecified atom stereocenters. The van der Waals surface area contributed by atoms with Gasteiger partial charge < -0.3 is 19.7 Å². The summed E-state index contributed by atoms with van der Waals surface area (Å²) >= 11 is 0. The molecule has 7 rings (SSSR count). The molecular formula is C27H33N3O4. The van der Waals surface area contributed by atoms with E-state index in [9.17, 15) is 9.59 Å². The van der Waals surface area contributed by atoms with Crippen molar-refractivity contribution in [3.8, 4) is 5.75 Å². The van der Waals surface area contributed by atoms with Crippen molar-refractivity contribution in [2.24, 2.45) is 11.8 Å². The van der Waals surface area contributed by atoms with Gasteiger partial charge in [0.05, 0.1) is 12.2 Å². The van der Waals surface area contributed by atoms with E-state index in [4.69, 9.17) is 9.47 Å². The highest BCUT2D eigenvalue weighted by atomic mass is 16.5. The number of carbonyl (C=O) groups is 2. The van der Waals surface area contributed by atoms with Crippen molar-refractivity contribution in [1.29, 1.82) is 0 Å². The zero-order valence-corrected chi connectivity index (χ0v) is 19.6. The number of piperidine rings is 1. The molecule has 4 saturated heterocycles. The van der Waals surface area contributed by atoms with Crippen LogP contribution in [-0.4, -0.2) is 65.1 Å². The van der Waals surface area contributed by atoms with E-state index in [1.54, 1.807) is 4.90 Å². The molecule has 1 aliphatic carbocycles. The van der Waals surface area contributed by atoms with Crippen LogP contribution in [0.5, 0.6) is 5.75 Å². The number of fused-ring (bicyclic) bond motifs is 6. The quantitative estimate of drug-likeness (QED) is 0.744. The zero-order valence-electron chi connectivity index (χ0n) is 19.6. The van der Waals surface area contributed by atoms with E-state index >= 15 is 0 Å². The standard InChI is InChI=1S/C27H33N3O4/c1-15-5-8-22(26(31)28-15)30-12-16-11-17(6-7-18(16)27(30)32)33-25-4-2-3-21(25)29-13-19-20(14-29)24-10-9-23(19)34-24/h6-7,11,19-25H,1-5,8-10,12-14H2,(H,28,31)/t19-,20+,21-,22?,23+,24-,25+/m1/s1. The van der Waals surface area contributed by atoms with Gasteiger partial charge >= 0.3 is 0 Å². The number of hydrogen-bond donors (Lipinski definition) is 1. The Bertz CT molecular complexity index is 1040. The molecule has 5 aliphatic heterocycles. The molecule has 180 valence electrons. The molecule has 1 saturated carbocycles. The Morgan fingerprint density at radius 2 is 1.82 bits per heavy atom. The highest BCUT2D eigenvalue weighted by molar-refractivity contribution is 6.01. The van der Waals surface area contributed by atoms with Crippen molar-refractivity contribution >= 4 is 11.8 Å². The molecule has 2 bridgehead atoms. The van der Waals surface area contributed by atoms with Crippen molar-refractivity contribution in [2.45, 2.75) is 81.9 Å². The van der Waals surface area contributed by atoms with Gasteiger partial charge in [-0.25, -0.2) is 0 Å². The highest BCUT2D eigenvalue weighted by Gasteiger charge is 2.54. The number of nitrogens with one attached hydrogen (secondary N) is 1. The maximum atomic E-state index is 13.0. The van der Waals surface area contributed by atoms with Crippen LogP contribution in [0.1, 0.15) is 60.9 Å². The second kappa shape index (κ2) is 7.82. The monoisotopic (exact) mass is 463 g/mol. The lowest BCUT2D eigenvalue weighted by Gasteiger charge is -2.31. The zero-order chi connectivity index (χ0) is 23.0. The first-order chi connectivity index (χ1) is 16.5. The van der Waals surface area contributed by atoms with Crippen LogP contribution in [0.2, 0.25) is 0 Å². The van der Waals surface area contributed by atoms with Crippen LogP contribution >= 0.6 is 0 Å². The van der Waals surface area contributed by atoms with E-state index in [0.29, 0.717) is 55.0 Å². The summed E-state index contributed by atoms with van der Waals surface area (Å²) in [5.41, 5.74) is 2.38. The minimum atomic E-state index is -0.428. The lowest BCUT2D eigenvalue weighted by atomic mass is 9.82. The first-order valence-electron chi connectivity index (χ1n) is 13.0. The number of likely N-dealkylation sites (tertiary alicyclic amines) is 1. The molecule has 2 amide bonds. The highest BCUT2D eigenvalue weighted by Crippen LogP contribution is 2.48. The Morgan fingerprint density at radius 1 is 1.03 bits per heavy atom. The molecule has 7 nitrogen and oxygen atoms in total. The minimum Gasteiger partial charge on any atom is -0.489 e. The summed E-state index contributed by atoms with van der Waals surface area (Å²) in [4.78, 5) is 29.9. The average Bonchev–Trinajstić information content (AvgIpc) is 3.62. The predicted molar refractivity (Wildman–Crippen MR) is 125 cm³/mol. The molecule has 1 aromatic rings. The van der Waals surface area contributed by atoms with Crippen LogP contribution < -0.4 is 10.1 Å². The molecule has 34 heavy (non-hydrogen) atoms. The topological polar surface area (TPSA) is 71.1 Å². The van der Waals surface area contributed by atoms with Gasteiger partial charge in [-0.2, -0.15) is 0 Å². The van der Waals surface area contributed by atoms with E-state index in [0.717, 1.165) is 36.5 Å². The second-order valence-electron chi connectivity index (χ2n) is 11.1. The largest absolute Gasteiger partial charge is 0.489 e. The van der Waals surface area contributed by atoms with Crippen LogP contribution in [0.15, 0.2) is 30.5 Å². The Hall–Kier alpha value is -2.38. The van der Waals surface area contributed by atoms with E-state index < -0.39 is 6.04 Å². The number of allylic oxidation sites excluding steroid dienone is 1. The number of carbonyl (C=O) groups excluding carboxylic acids is 2. The molecule has 0 radical (unpaired) electrons. The normalized spacial score (nSPS) is 39.0. The summed E-state index contributed by atoms with van der Waals surface area (Å²) in [6, 6.07) is 5.88. The summed E-state index contributed by atoms with van der Waals surface area (Å²) in [6.07, 6.45) is 8.46. The van der Waals surface area contributed by atoms with Gasteiger partial charge in [0, 0.05) is 48.8 Å². The number of rotatable bonds is 4. The summed E-state index contributed by atoms with van der Waals surface area (Å²) in [5, 5.41) is 2.80. The fraction of sp³-hybridized carbons (Fsp3) is 0.630. The molecule has 7 atom stereocenters. The lowest BCUT2D eigenvalue weighted by Crippen LogP contribution is -2.49. The van der Waals surface area contributed by atoms with E-state index in [1.807, 2.05) is 18.2 Å². The van der Waals surface area contributed by atoms with Crippen molar-refractivity contribution in [2.75, 3.05) is 13.1 Å². The summed E-state index contributed by atoms with van der Waals surface area (Å²) in [6.45, 7) is 6.61.